The average Bonchev–Trinajstić information content (AvgIpc) is 3.22. The predicted octanol–water partition coefficient (Wildman–Crippen LogP) is 5.06. The first-order valence-corrected chi connectivity index (χ1v) is 12.6. The smallest absolute Gasteiger partial charge is 0.283 e. The molecule has 0 unspecified atom stereocenters. The van der Waals surface area contributed by atoms with Gasteiger partial charge in [0.1, 0.15) is 11.0 Å². The molecule has 0 spiro atoms. The van der Waals surface area contributed by atoms with Gasteiger partial charge in [0.25, 0.3) is 5.56 Å². The lowest BCUT2D eigenvalue weighted by atomic mass is 10.0. The number of thioether (sulfide) groups is 1. The minimum absolute atomic E-state index is 0.121. The number of rotatable bonds is 5. The van der Waals surface area contributed by atoms with Gasteiger partial charge >= 0.3 is 0 Å². The quantitative estimate of drug-likeness (QED) is 0.334. The Bertz CT molecular complexity index is 1370. The zero-order valence-corrected chi connectivity index (χ0v) is 19.8. The summed E-state index contributed by atoms with van der Waals surface area (Å²) >= 11 is 1.35. The highest BCUT2D eigenvalue weighted by Gasteiger charge is 2.26. The molecule has 0 saturated carbocycles. The number of carbonyl (C=O) groups excluding carboxylic acids is 1. The summed E-state index contributed by atoms with van der Waals surface area (Å²) in [7, 11) is 0. The molecule has 1 atom stereocenters. The third kappa shape index (κ3) is 4.06. The second kappa shape index (κ2) is 9.06. The van der Waals surface area contributed by atoms with Gasteiger partial charge in [0.05, 0.1) is 11.4 Å². The number of aromatic nitrogens is 3. The lowest BCUT2D eigenvalue weighted by Gasteiger charge is -2.35. The lowest BCUT2D eigenvalue weighted by Crippen LogP contribution is -2.44. The SMILES string of the molecule is CC[C@@H]1CCCCN1C(=O)CSc1nc2c([nH]c3ccccc32)c(=O)n1-c1ccc(C)cc1. The fraction of sp³-hybridized carbons (Fsp3) is 0.346. The normalized spacial score (nSPS) is 16.5. The molecule has 1 saturated heterocycles. The molecule has 5 rings (SSSR count). The van der Waals surface area contributed by atoms with Gasteiger partial charge in [-0.05, 0) is 50.8 Å². The molecular weight excluding hydrogens is 432 g/mol. The molecule has 1 amide bonds. The Labute approximate surface area is 197 Å². The van der Waals surface area contributed by atoms with Crippen molar-refractivity contribution in [3.63, 3.8) is 0 Å². The van der Waals surface area contributed by atoms with Crippen LogP contribution < -0.4 is 5.56 Å². The first-order chi connectivity index (χ1) is 16.1. The first-order valence-electron chi connectivity index (χ1n) is 11.6. The van der Waals surface area contributed by atoms with Crippen LogP contribution in [0.1, 0.15) is 38.2 Å². The van der Waals surface area contributed by atoms with Gasteiger partial charge in [-0.25, -0.2) is 4.98 Å². The number of amides is 1. The minimum atomic E-state index is -0.153. The average molecular weight is 461 g/mol. The Balaban J connectivity index is 1.57. The summed E-state index contributed by atoms with van der Waals surface area (Å²) in [6, 6.07) is 15.9. The van der Waals surface area contributed by atoms with Crippen molar-refractivity contribution in [3.8, 4) is 5.69 Å². The van der Waals surface area contributed by atoms with Gasteiger partial charge in [-0.2, -0.15) is 0 Å². The molecule has 1 N–H and O–H groups in total. The molecule has 0 radical (unpaired) electrons. The number of piperidine rings is 1. The highest BCUT2D eigenvalue weighted by atomic mass is 32.2. The van der Waals surface area contributed by atoms with E-state index in [9.17, 15) is 9.59 Å². The van der Waals surface area contributed by atoms with Crippen molar-refractivity contribution in [1.82, 2.24) is 19.4 Å². The van der Waals surface area contributed by atoms with E-state index in [1.165, 1.54) is 18.2 Å². The molecule has 7 heteroatoms. The number of likely N-dealkylation sites (tertiary alicyclic amines) is 1. The summed E-state index contributed by atoms with van der Waals surface area (Å²) in [5, 5.41) is 1.45. The standard InChI is InChI=1S/C26H28N4O2S/c1-3-18-8-6-7-15-29(18)22(31)16-33-26-28-23-20-9-4-5-10-21(20)27-24(23)25(32)30(26)19-13-11-17(2)12-14-19/h4-5,9-14,18,27H,3,6-8,15-16H2,1-2H3/t18-/m1/s1. The van der Waals surface area contributed by atoms with E-state index in [0.29, 0.717) is 22.2 Å². The highest BCUT2D eigenvalue weighted by molar-refractivity contribution is 7.99. The van der Waals surface area contributed by atoms with Crippen molar-refractivity contribution in [2.24, 2.45) is 0 Å². The third-order valence-electron chi connectivity index (χ3n) is 6.53. The molecular formula is C26H28N4O2S. The maximum atomic E-state index is 13.6. The molecule has 6 nitrogen and oxygen atoms in total. The molecule has 2 aromatic heterocycles. The molecule has 0 bridgehead atoms. The van der Waals surface area contributed by atoms with Gasteiger partial charge in [0.15, 0.2) is 5.16 Å². The van der Waals surface area contributed by atoms with E-state index >= 15 is 0 Å². The molecule has 1 aliphatic rings. The van der Waals surface area contributed by atoms with Crippen molar-refractivity contribution in [2.75, 3.05) is 12.3 Å². The van der Waals surface area contributed by atoms with E-state index in [1.807, 2.05) is 60.4 Å². The summed E-state index contributed by atoms with van der Waals surface area (Å²) in [5.74, 6) is 0.387. The van der Waals surface area contributed by atoms with E-state index in [-0.39, 0.29) is 17.2 Å². The van der Waals surface area contributed by atoms with Crippen molar-refractivity contribution in [2.45, 2.75) is 50.7 Å². The monoisotopic (exact) mass is 460 g/mol. The van der Waals surface area contributed by atoms with Gasteiger partial charge in [0, 0.05) is 23.5 Å². The fourth-order valence-electron chi connectivity index (χ4n) is 4.72. The first kappa shape index (κ1) is 21.8. The van der Waals surface area contributed by atoms with Crippen LogP contribution >= 0.6 is 11.8 Å². The summed E-state index contributed by atoms with van der Waals surface area (Å²) in [6.07, 6.45) is 4.28. The topological polar surface area (TPSA) is 71.0 Å². The number of benzene rings is 2. The van der Waals surface area contributed by atoms with E-state index < -0.39 is 0 Å². The molecule has 3 heterocycles. The molecule has 170 valence electrons. The minimum Gasteiger partial charge on any atom is -0.349 e. The largest absolute Gasteiger partial charge is 0.349 e. The summed E-state index contributed by atoms with van der Waals surface area (Å²) in [6.45, 7) is 4.98. The van der Waals surface area contributed by atoms with Crippen molar-refractivity contribution < 1.29 is 4.79 Å². The second-order valence-electron chi connectivity index (χ2n) is 8.70. The zero-order chi connectivity index (χ0) is 22.9. The van der Waals surface area contributed by atoms with Crippen LogP contribution in [0.15, 0.2) is 58.5 Å². The molecule has 2 aromatic carbocycles. The molecule has 0 aliphatic carbocycles. The maximum absolute atomic E-state index is 13.6. The predicted molar refractivity (Wildman–Crippen MR) is 134 cm³/mol. The zero-order valence-electron chi connectivity index (χ0n) is 19.0. The van der Waals surface area contributed by atoms with E-state index in [0.717, 1.165) is 48.0 Å². The van der Waals surface area contributed by atoms with Gasteiger partial charge in [-0.3, -0.25) is 14.2 Å². The number of fused-ring (bicyclic) bond motifs is 3. The second-order valence-corrected chi connectivity index (χ2v) is 9.64. The number of para-hydroxylation sites is 1. The van der Waals surface area contributed by atoms with Crippen LogP contribution in [-0.4, -0.2) is 43.7 Å². The van der Waals surface area contributed by atoms with Gasteiger partial charge in [-0.1, -0.05) is 54.6 Å². The number of carbonyl (C=O) groups is 1. The number of hydrogen-bond acceptors (Lipinski definition) is 4. The summed E-state index contributed by atoms with van der Waals surface area (Å²) in [5.41, 5.74) is 3.72. The van der Waals surface area contributed by atoms with E-state index in [2.05, 4.69) is 11.9 Å². The Morgan fingerprint density at radius 3 is 2.73 bits per heavy atom. The van der Waals surface area contributed by atoms with E-state index in [1.54, 1.807) is 4.57 Å². The molecule has 33 heavy (non-hydrogen) atoms. The number of H-pyrrole nitrogens is 1. The Kier molecular flexibility index (Phi) is 5.98. The van der Waals surface area contributed by atoms with Crippen molar-refractivity contribution >= 4 is 39.6 Å². The van der Waals surface area contributed by atoms with Gasteiger partial charge in [0.2, 0.25) is 5.91 Å². The Morgan fingerprint density at radius 1 is 1.15 bits per heavy atom. The Morgan fingerprint density at radius 2 is 1.94 bits per heavy atom. The number of hydrogen-bond donors (Lipinski definition) is 1. The maximum Gasteiger partial charge on any atom is 0.283 e. The number of nitrogens with zero attached hydrogens (tertiary/aromatic N) is 3. The number of nitrogens with one attached hydrogen (secondary N) is 1. The summed E-state index contributed by atoms with van der Waals surface area (Å²) in [4.78, 5) is 36.9. The van der Waals surface area contributed by atoms with Crippen LogP contribution in [0.3, 0.4) is 0 Å². The van der Waals surface area contributed by atoms with Crippen LogP contribution in [0.2, 0.25) is 0 Å². The van der Waals surface area contributed by atoms with Crippen LogP contribution in [0.5, 0.6) is 0 Å². The van der Waals surface area contributed by atoms with E-state index in [4.69, 9.17) is 4.98 Å². The number of aromatic amines is 1. The lowest BCUT2D eigenvalue weighted by molar-refractivity contribution is -0.132. The number of aryl methyl sites for hydroxylation is 1. The summed E-state index contributed by atoms with van der Waals surface area (Å²) < 4.78 is 1.63. The van der Waals surface area contributed by atoms with Crippen LogP contribution in [-0.2, 0) is 4.79 Å². The molecule has 4 aromatic rings. The third-order valence-corrected chi connectivity index (χ3v) is 7.45. The van der Waals surface area contributed by atoms with Crippen molar-refractivity contribution in [3.05, 3.63) is 64.4 Å². The molecule has 1 fully saturated rings. The van der Waals surface area contributed by atoms with Crippen LogP contribution in [0, 0.1) is 6.92 Å². The van der Waals surface area contributed by atoms with Crippen LogP contribution in [0.4, 0.5) is 0 Å². The Hall–Kier alpha value is -3.06. The molecule has 1 aliphatic heterocycles. The van der Waals surface area contributed by atoms with Gasteiger partial charge in [-0.15, -0.1) is 0 Å². The van der Waals surface area contributed by atoms with Crippen molar-refractivity contribution in [1.29, 1.82) is 0 Å². The van der Waals surface area contributed by atoms with Crippen LogP contribution in [0.25, 0.3) is 27.6 Å². The van der Waals surface area contributed by atoms with Gasteiger partial charge < -0.3 is 9.88 Å². The fourth-order valence-corrected chi connectivity index (χ4v) is 5.61. The highest BCUT2D eigenvalue weighted by Crippen LogP contribution is 2.27.